The average molecular weight is 245 g/mol. The van der Waals surface area contributed by atoms with Crippen LogP contribution in [0.4, 0.5) is 0 Å². The first kappa shape index (κ1) is 12.5. The molecule has 0 unspecified atom stereocenters. The van der Waals surface area contributed by atoms with Gasteiger partial charge < -0.3 is 5.32 Å². The van der Waals surface area contributed by atoms with Crippen molar-refractivity contribution < 1.29 is 8.42 Å². The molecule has 0 aromatic heterocycles. The molecule has 1 aromatic rings. The molecule has 0 aliphatic heterocycles. The van der Waals surface area contributed by atoms with Gasteiger partial charge in [-0.2, -0.15) is 12.6 Å². The third-order valence-electron chi connectivity index (χ3n) is 2.10. The minimum Gasteiger partial charge on any atom is -0.304 e. The molecule has 0 bridgehead atoms. The molecule has 1 rings (SSSR count). The summed E-state index contributed by atoms with van der Waals surface area (Å²) in [5.74, 6) is 0.746. The van der Waals surface area contributed by atoms with Gasteiger partial charge in [-0.05, 0) is 17.7 Å². The van der Waals surface area contributed by atoms with Crippen LogP contribution in [0.5, 0.6) is 0 Å². The number of rotatable bonds is 5. The molecular formula is C10H15NO2S2. The minimum atomic E-state index is -3.07. The van der Waals surface area contributed by atoms with Crippen LogP contribution in [0.1, 0.15) is 12.5 Å². The summed E-state index contributed by atoms with van der Waals surface area (Å²) in [5, 5.41) is 3.05. The van der Waals surface area contributed by atoms with E-state index in [1.54, 1.807) is 19.1 Å². The van der Waals surface area contributed by atoms with Crippen molar-refractivity contribution in [2.45, 2.75) is 18.4 Å². The van der Waals surface area contributed by atoms with Gasteiger partial charge in [0.2, 0.25) is 0 Å². The number of hydrogen-bond donors (Lipinski definition) is 2. The first-order chi connectivity index (χ1) is 7.10. The molecule has 1 N–H and O–H groups in total. The van der Waals surface area contributed by atoms with Crippen LogP contribution in [0.2, 0.25) is 0 Å². The first-order valence-electron chi connectivity index (χ1n) is 4.73. The Morgan fingerprint density at radius 3 is 2.33 bits per heavy atom. The second-order valence-corrected chi connectivity index (χ2v) is 5.73. The smallest absolute Gasteiger partial charge is 0.178 e. The summed E-state index contributed by atoms with van der Waals surface area (Å²) < 4.78 is 23.0. The highest BCUT2D eigenvalue weighted by Crippen LogP contribution is 2.12. The van der Waals surface area contributed by atoms with Crippen molar-refractivity contribution in [1.29, 1.82) is 0 Å². The van der Waals surface area contributed by atoms with E-state index in [0.29, 0.717) is 17.3 Å². The van der Waals surface area contributed by atoms with Crippen LogP contribution < -0.4 is 5.32 Å². The van der Waals surface area contributed by atoms with Crippen LogP contribution >= 0.6 is 12.6 Å². The van der Waals surface area contributed by atoms with Crippen molar-refractivity contribution in [3.8, 4) is 0 Å². The minimum absolute atomic E-state index is 0.140. The van der Waals surface area contributed by atoms with Crippen LogP contribution in [-0.2, 0) is 16.4 Å². The molecule has 0 saturated heterocycles. The van der Waals surface area contributed by atoms with Gasteiger partial charge in [0.15, 0.2) is 9.84 Å². The fraction of sp³-hybridized carbons (Fsp3) is 0.400. The Balaban J connectivity index is 2.81. The largest absolute Gasteiger partial charge is 0.304 e. The Hall–Kier alpha value is -0.520. The van der Waals surface area contributed by atoms with E-state index in [-0.39, 0.29) is 5.75 Å². The fourth-order valence-electron chi connectivity index (χ4n) is 1.18. The van der Waals surface area contributed by atoms with Crippen molar-refractivity contribution in [3.05, 3.63) is 29.8 Å². The van der Waals surface area contributed by atoms with Crippen LogP contribution in [0.25, 0.3) is 0 Å². The van der Waals surface area contributed by atoms with Crippen LogP contribution in [0.15, 0.2) is 29.2 Å². The highest BCUT2D eigenvalue weighted by atomic mass is 32.2. The molecule has 0 aliphatic rings. The van der Waals surface area contributed by atoms with E-state index >= 15 is 0 Å². The monoisotopic (exact) mass is 245 g/mol. The molecule has 15 heavy (non-hydrogen) atoms. The highest BCUT2D eigenvalue weighted by molar-refractivity contribution is 7.91. The van der Waals surface area contributed by atoms with E-state index in [1.807, 2.05) is 12.1 Å². The Bertz CT molecular complexity index is 398. The zero-order valence-electron chi connectivity index (χ0n) is 8.60. The van der Waals surface area contributed by atoms with Gasteiger partial charge in [0.05, 0.1) is 10.6 Å². The molecule has 0 fully saturated rings. The lowest BCUT2D eigenvalue weighted by Crippen LogP contribution is -2.10. The van der Waals surface area contributed by atoms with E-state index in [9.17, 15) is 8.42 Å². The zero-order chi connectivity index (χ0) is 11.3. The lowest BCUT2D eigenvalue weighted by atomic mass is 10.2. The third-order valence-corrected chi connectivity index (χ3v) is 4.08. The van der Waals surface area contributed by atoms with Gasteiger partial charge in [-0.1, -0.05) is 19.1 Å². The second kappa shape index (κ2) is 5.53. The summed E-state index contributed by atoms with van der Waals surface area (Å²) in [6.45, 7) is 2.35. The molecule has 5 heteroatoms. The van der Waals surface area contributed by atoms with E-state index < -0.39 is 9.84 Å². The molecule has 0 radical (unpaired) electrons. The molecule has 0 amide bonds. The highest BCUT2D eigenvalue weighted by Gasteiger charge is 2.10. The Labute approximate surface area is 96.2 Å². The topological polar surface area (TPSA) is 46.2 Å². The van der Waals surface area contributed by atoms with Gasteiger partial charge >= 0.3 is 0 Å². The number of sulfone groups is 1. The lowest BCUT2D eigenvalue weighted by Gasteiger charge is -2.04. The van der Waals surface area contributed by atoms with Crippen molar-refractivity contribution in [3.63, 3.8) is 0 Å². The van der Waals surface area contributed by atoms with Crippen molar-refractivity contribution in [1.82, 2.24) is 5.32 Å². The maximum atomic E-state index is 11.5. The number of benzene rings is 1. The SMILES string of the molecule is CCS(=O)(=O)c1ccc(CNCS)cc1. The number of thiol groups is 1. The summed E-state index contributed by atoms with van der Waals surface area (Å²) in [7, 11) is -3.07. The van der Waals surface area contributed by atoms with Gasteiger partial charge in [-0.15, -0.1) is 0 Å². The first-order valence-corrected chi connectivity index (χ1v) is 7.02. The standard InChI is InChI=1S/C10H15NO2S2/c1-2-15(12,13)10-5-3-9(4-6-10)7-11-8-14/h3-6,11,14H,2,7-8H2,1H3. The van der Waals surface area contributed by atoms with Crippen LogP contribution in [0, 0.1) is 0 Å². The van der Waals surface area contributed by atoms with Crippen molar-refractivity contribution in [2.24, 2.45) is 0 Å². The summed E-state index contributed by atoms with van der Waals surface area (Å²) in [5.41, 5.74) is 1.05. The number of hydrogen-bond acceptors (Lipinski definition) is 4. The molecule has 3 nitrogen and oxygen atoms in total. The predicted molar refractivity (Wildman–Crippen MR) is 64.9 cm³/mol. The third kappa shape index (κ3) is 3.52. The van der Waals surface area contributed by atoms with Crippen molar-refractivity contribution >= 4 is 22.5 Å². The van der Waals surface area contributed by atoms with Gasteiger partial charge in [0.1, 0.15) is 0 Å². The predicted octanol–water partition coefficient (Wildman–Crippen LogP) is 1.46. The van der Waals surface area contributed by atoms with Crippen LogP contribution in [-0.4, -0.2) is 20.0 Å². The fourth-order valence-corrected chi connectivity index (χ4v) is 2.18. The van der Waals surface area contributed by atoms with Gasteiger partial charge in [0.25, 0.3) is 0 Å². The normalized spacial score (nSPS) is 11.6. The molecule has 1 aromatic carbocycles. The molecule has 0 aliphatic carbocycles. The molecule has 0 saturated carbocycles. The van der Waals surface area contributed by atoms with Gasteiger partial charge in [-0.3, -0.25) is 0 Å². The Morgan fingerprint density at radius 1 is 1.27 bits per heavy atom. The van der Waals surface area contributed by atoms with E-state index in [2.05, 4.69) is 17.9 Å². The molecular weight excluding hydrogens is 230 g/mol. The molecule has 84 valence electrons. The number of nitrogens with one attached hydrogen (secondary N) is 1. The maximum absolute atomic E-state index is 11.5. The van der Waals surface area contributed by atoms with E-state index in [1.165, 1.54) is 0 Å². The van der Waals surface area contributed by atoms with Gasteiger partial charge in [-0.25, -0.2) is 8.42 Å². The van der Waals surface area contributed by atoms with E-state index in [0.717, 1.165) is 5.56 Å². The van der Waals surface area contributed by atoms with E-state index in [4.69, 9.17) is 0 Å². The van der Waals surface area contributed by atoms with Crippen molar-refractivity contribution in [2.75, 3.05) is 11.6 Å². The molecule has 0 heterocycles. The van der Waals surface area contributed by atoms with Crippen LogP contribution in [0.3, 0.4) is 0 Å². The summed E-state index contributed by atoms with van der Waals surface area (Å²) in [4.78, 5) is 0.389. The average Bonchev–Trinajstić information content (AvgIpc) is 2.27. The Morgan fingerprint density at radius 2 is 1.87 bits per heavy atom. The Kier molecular flexibility index (Phi) is 4.63. The summed E-state index contributed by atoms with van der Waals surface area (Å²) >= 11 is 4.03. The molecule has 0 spiro atoms. The lowest BCUT2D eigenvalue weighted by molar-refractivity contribution is 0.597. The second-order valence-electron chi connectivity index (χ2n) is 3.13. The quantitative estimate of drug-likeness (QED) is 0.610. The molecule has 0 atom stereocenters. The maximum Gasteiger partial charge on any atom is 0.178 e. The zero-order valence-corrected chi connectivity index (χ0v) is 10.3. The summed E-state index contributed by atoms with van der Waals surface area (Å²) in [6.07, 6.45) is 0. The summed E-state index contributed by atoms with van der Waals surface area (Å²) in [6, 6.07) is 6.93. The van der Waals surface area contributed by atoms with Gasteiger partial charge in [0, 0.05) is 12.4 Å².